The number of amides is 2. The summed E-state index contributed by atoms with van der Waals surface area (Å²) < 4.78 is 0. The highest BCUT2D eigenvalue weighted by Gasteiger charge is 2.23. The SMILES string of the molecule is C[C@@H](NC(=O)N(Cc1ccc([N+](=O)[O-])cc1)CC(C)(C)N)c1cccc2ccccc12. The highest BCUT2D eigenvalue weighted by molar-refractivity contribution is 5.86. The molecule has 0 unspecified atom stereocenters. The smallest absolute Gasteiger partial charge is 0.318 e. The third kappa shape index (κ3) is 5.79. The van der Waals surface area contributed by atoms with Crippen molar-refractivity contribution in [1.82, 2.24) is 10.2 Å². The van der Waals surface area contributed by atoms with Gasteiger partial charge >= 0.3 is 6.03 Å². The number of nitrogens with zero attached hydrogens (tertiary/aromatic N) is 2. The minimum atomic E-state index is -0.596. The summed E-state index contributed by atoms with van der Waals surface area (Å²) in [4.78, 5) is 25.3. The number of non-ortho nitro benzene ring substituents is 1. The summed E-state index contributed by atoms with van der Waals surface area (Å²) in [5, 5.41) is 16.2. The summed E-state index contributed by atoms with van der Waals surface area (Å²) in [5.41, 5.74) is 7.45. The van der Waals surface area contributed by atoms with Crippen molar-refractivity contribution < 1.29 is 9.72 Å². The van der Waals surface area contributed by atoms with Gasteiger partial charge in [-0.15, -0.1) is 0 Å². The minimum Gasteiger partial charge on any atom is -0.331 e. The van der Waals surface area contributed by atoms with Gasteiger partial charge in [0.2, 0.25) is 0 Å². The molecule has 7 nitrogen and oxygen atoms in total. The van der Waals surface area contributed by atoms with Crippen LogP contribution in [0.2, 0.25) is 0 Å². The highest BCUT2D eigenvalue weighted by atomic mass is 16.6. The van der Waals surface area contributed by atoms with E-state index in [4.69, 9.17) is 5.73 Å². The number of urea groups is 1. The molecule has 3 aromatic carbocycles. The normalized spacial score (nSPS) is 12.4. The van der Waals surface area contributed by atoms with E-state index in [1.807, 2.05) is 63.2 Å². The van der Waals surface area contributed by atoms with Crippen molar-refractivity contribution >= 4 is 22.5 Å². The molecular weight excluding hydrogens is 392 g/mol. The summed E-state index contributed by atoms with van der Waals surface area (Å²) in [5.74, 6) is 0. The maximum atomic E-state index is 13.2. The van der Waals surface area contributed by atoms with Crippen LogP contribution in [0.1, 0.15) is 37.9 Å². The quantitative estimate of drug-likeness (QED) is 0.425. The Bertz CT molecular complexity index is 1070. The zero-order valence-corrected chi connectivity index (χ0v) is 18.0. The molecule has 0 spiro atoms. The summed E-state index contributed by atoms with van der Waals surface area (Å²) in [6.45, 7) is 6.30. The molecule has 2 amide bonds. The van der Waals surface area contributed by atoms with E-state index in [-0.39, 0.29) is 17.8 Å². The van der Waals surface area contributed by atoms with E-state index in [0.29, 0.717) is 13.1 Å². The summed E-state index contributed by atoms with van der Waals surface area (Å²) in [6.07, 6.45) is 0. The second-order valence-electron chi connectivity index (χ2n) is 8.51. The van der Waals surface area contributed by atoms with E-state index in [1.165, 1.54) is 12.1 Å². The third-order valence-corrected chi connectivity index (χ3v) is 5.04. The van der Waals surface area contributed by atoms with Crippen LogP contribution in [-0.2, 0) is 6.54 Å². The third-order valence-electron chi connectivity index (χ3n) is 5.04. The Hall–Kier alpha value is -3.45. The van der Waals surface area contributed by atoms with Crippen LogP contribution in [0, 0.1) is 10.1 Å². The molecule has 0 saturated heterocycles. The average molecular weight is 421 g/mol. The largest absolute Gasteiger partial charge is 0.331 e. The number of nitro groups is 1. The number of nitrogens with one attached hydrogen (secondary N) is 1. The van der Waals surface area contributed by atoms with E-state index in [0.717, 1.165) is 21.9 Å². The fourth-order valence-corrected chi connectivity index (χ4v) is 3.62. The molecule has 0 saturated carbocycles. The summed E-state index contributed by atoms with van der Waals surface area (Å²) in [6, 6.07) is 19.9. The number of fused-ring (bicyclic) bond motifs is 1. The van der Waals surface area contributed by atoms with Gasteiger partial charge in [-0.05, 0) is 42.7 Å². The van der Waals surface area contributed by atoms with Crippen LogP contribution in [-0.4, -0.2) is 27.9 Å². The van der Waals surface area contributed by atoms with Crippen molar-refractivity contribution in [3.63, 3.8) is 0 Å². The van der Waals surface area contributed by atoms with Gasteiger partial charge in [-0.3, -0.25) is 10.1 Å². The predicted molar refractivity (Wildman–Crippen MR) is 123 cm³/mol. The Balaban J connectivity index is 1.80. The van der Waals surface area contributed by atoms with Gasteiger partial charge in [0.25, 0.3) is 5.69 Å². The first kappa shape index (κ1) is 22.2. The number of nitrogens with two attached hydrogens (primary N) is 1. The molecule has 0 aliphatic carbocycles. The zero-order valence-electron chi connectivity index (χ0n) is 18.0. The molecule has 3 N–H and O–H groups in total. The molecule has 0 aliphatic heterocycles. The fraction of sp³-hybridized carbons (Fsp3) is 0.292. The highest BCUT2D eigenvalue weighted by Crippen LogP contribution is 2.24. The van der Waals surface area contributed by atoms with Crippen LogP contribution in [0.5, 0.6) is 0 Å². The van der Waals surface area contributed by atoms with Crippen molar-refractivity contribution in [3.8, 4) is 0 Å². The van der Waals surface area contributed by atoms with Gasteiger partial charge in [-0.2, -0.15) is 0 Å². The lowest BCUT2D eigenvalue weighted by Crippen LogP contribution is -2.50. The van der Waals surface area contributed by atoms with Crippen molar-refractivity contribution in [2.45, 2.75) is 38.9 Å². The second kappa shape index (κ2) is 9.14. The van der Waals surface area contributed by atoms with Crippen molar-refractivity contribution in [2.75, 3.05) is 6.54 Å². The van der Waals surface area contributed by atoms with Crippen molar-refractivity contribution in [2.24, 2.45) is 5.73 Å². The molecule has 0 heterocycles. The van der Waals surface area contributed by atoms with Gasteiger partial charge in [-0.1, -0.05) is 54.6 Å². The Kier molecular flexibility index (Phi) is 6.56. The fourth-order valence-electron chi connectivity index (χ4n) is 3.62. The molecule has 3 rings (SSSR count). The molecule has 31 heavy (non-hydrogen) atoms. The summed E-state index contributed by atoms with van der Waals surface area (Å²) in [7, 11) is 0. The molecule has 0 aliphatic rings. The average Bonchev–Trinajstić information content (AvgIpc) is 2.72. The number of benzene rings is 3. The van der Waals surface area contributed by atoms with Crippen LogP contribution in [0.15, 0.2) is 66.7 Å². The number of carbonyl (C=O) groups excluding carboxylic acids is 1. The minimum absolute atomic E-state index is 0.0171. The monoisotopic (exact) mass is 420 g/mol. The second-order valence-corrected chi connectivity index (χ2v) is 8.51. The number of rotatable bonds is 7. The van der Waals surface area contributed by atoms with Gasteiger partial charge in [0.05, 0.1) is 11.0 Å². The summed E-state index contributed by atoms with van der Waals surface area (Å²) >= 11 is 0. The number of carbonyl (C=O) groups is 1. The molecule has 0 radical (unpaired) electrons. The van der Waals surface area contributed by atoms with Gasteiger partial charge < -0.3 is 16.0 Å². The number of hydrogen-bond donors (Lipinski definition) is 2. The van der Waals surface area contributed by atoms with E-state index >= 15 is 0 Å². The Morgan fingerprint density at radius 1 is 1.10 bits per heavy atom. The Morgan fingerprint density at radius 3 is 2.39 bits per heavy atom. The van der Waals surface area contributed by atoms with Crippen LogP contribution in [0.25, 0.3) is 10.8 Å². The van der Waals surface area contributed by atoms with Crippen LogP contribution in [0.3, 0.4) is 0 Å². The molecular formula is C24H28N4O3. The first-order chi connectivity index (χ1) is 14.6. The van der Waals surface area contributed by atoms with Gasteiger partial charge in [0, 0.05) is 30.8 Å². The van der Waals surface area contributed by atoms with E-state index in [9.17, 15) is 14.9 Å². The van der Waals surface area contributed by atoms with Crippen LogP contribution < -0.4 is 11.1 Å². The van der Waals surface area contributed by atoms with Gasteiger partial charge in [0.15, 0.2) is 0 Å². The Morgan fingerprint density at radius 2 is 1.74 bits per heavy atom. The van der Waals surface area contributed by atoms with Crippen molar-refractivity contribution in [1.29, 1.82) is 0 Å². The van der Waals surface area contributed by atoms with E-state index < -0.39 is 10.5 Å². The first-order valence-electron chi connectivity index (χ1n) is 10.2. The van der Waals surface area contributed by atoms with Crippen LogP contribution in [0.4, 0.5) is 10.5 Å². The lowest BCUT2D eigenvalue weighted by Gasteiger charge is -2.31. The Labute approximate surface area is 182 Å². The molecule has 3 aromatic rings. The van der Waals surface area contributed by atoms with Crippen molar-refractivity contribution in [3.05, 3.63) is 88.0 Å². The predicted octanol–water partition coefficient (Wildman–Crippen LogP) is 4.76. The topological polar surface area (TPSA) is 102 Å². The molecule has 0 bridgehead atoms. The maximum absolute atomic E-state index is 13.2. The molecule has 0 aromatic heterocycles. The molecule has 162 valence electrons. The lowest BCUT2D eigenvalue weighted by atomic mass is 10.00. The molecule has 1 atom stereocenters. The maximum Gasteiger partial charge on any atom is 0.318 e. The lowest BCUT2D eigenvalue weighted by molar-refractivity contribution is -0.384. The number of hydrogen-bond acceptors (Lipinski definition) is 4. The van der Waals surface area contributed by atoms with Crippen LogP contribution >= 0.6 is 0 Å². The van der Waals surface area contributed by atoms with E-state index in [2.05, 4.69) is 5.32 Å². The molecule has 7 heteroatoms. The standard InChI is InChI=1S/C24H28N4O3/c1-17(21-10-6-8-19-7-4-5-9-22(19)21)26-23(29)27(16-24(2,3)25)15-18-11-13-20(14-12-18)28(30)31/h4-14,17H,15-16,25H2,1-3H3,(H,26,29)/t17-/m1/s1. The van der Waals surface area contributed by atoms with Gasteiger partial charge in [-0.25, -0.2) is 4.79 Å². The first-order valence-corrected chi connectivity index (χ1v) is 10.2. The van der Waals surface area contributed by atoms with E-state index in [1.54, 1.807) is 17.0 Å². The number of nitro benzene ring substituents is 1. The van der Waals surface area contributed by atoms with Gasteiger partial charge in [0.1, 0.15) is 0 Å². The zero-order chi connectivity index (χ0) is 22.6. The molecule has 0 fully saturated rings.